The molecule has 0 amide bonds. The molecule has 1 aliphatic heterocycles. The Kier molecular flexibility index (Phi) is 7.06. The maximum atomic E-state index is 10.8. The van der Waals surface area contributed by atoms with E-state index in [9.17, 15) is 4.79 Å². The maximum Gasteiger partial charge on any atom is 0.303 e. The number of aryl methyl sites for hydroxylation is 1. The van der Waals surface area contributed by atoms with E-state index >= 15 is 0 Å². The summed E-state index contributed by atoms with van der Waals surface area (Å²) >= 11 is 0. The van der Waals surface area contributed by atoms with Crippen molar-refractivity contribution in [3.8, 4) is 5.75 Å². The van der Waals surface area contributed by atoms with Gasteiger partial charge in [-0.25, -0.2) is 0 Å². The highest BCUT2D eigenvalue weighted by Gasteiger charge is 2.21. The van der Waals surface area contributed by atoms with E-state index in [1.165, 1.54) is 41.5 Å². The van der Waals surface area contributed by atoms with Crippen molar-refractivity contribution < 1.29 is 14.6 Å². The smallest absolute Gasteiger partial charge is 0.303 e. The number of carboxylic acids is 1. The van der Waals surface area contributed by atoms with Crippen LogP contribution in [0.2, 0.25) is 0 Å². The van der Waals surface area contributed by atoms with Crippen LogP contribution in [-0.2, 0) is 24.1 Å². The van der Waals surface area contributed by atoms with Gasteiger partial charge in [-0.05, 0) is 85.7 Å². The van der Waals surface area contributed by atoms with Crippen molar-refractivity contribution in [2.45, 2.75) is 57.3 Å². The zero-order valence-electron chi connectivity index (χ0n) is 17.8. The van der Waals surface area contributed by atoms with E-state index in [2.05, 4.69) is 47.4 Å². The molecule has 1 unspecified atom stereocenters. The highest BCUT2D eigenvalue weighted by molar-refractivity contribution is 5.66. The lowest BCUT2D eigenvalue weighted by Crippen LogP contribution is -2.27. The van der Waals surface area contributed by atoms with Gasteiger partial charge in [0, 0.05) is 19.5 Å². The fourth-order valence-electron chi connectivity index (χ4n) is 5.07. The molecule has 0 saturated carbocycles. The monoisotopic (exact) mass is 407 g/mol. The van der Waals surface area contributed by atoms with Crippen molar-refractivity contribution in [3.63, 3.8) is 0 Å². The average Bonchev–Trinajstić information content (AvgIpc) is 2.97. The topological polar surface area (TPSA) is 49.8 Å². The summed E-state index contributed by atoms with van der Waals surface area (Å²) in [5.74, 6) is 0.954. The van der Waals surface area contributed by atoms with Crippen LogP contribution in [0.5, 0.6) is 5.75 Å². The molecule has 1 aliphatic carbocycles. The normalized spacial score (nSPS) is 18.9. The van der Waals surface area contributed by atoms with Gasteiger partial charge in [-0.3, -0.25) is 4.79 Å². The summed E-state index contributed by atoms with van der Waals surface area (Å²) in [6.45, 7) is 3.59. The number of fused-ring (bicyclic) bond motifs is 2. The van der Waals surface area contributed by atoms with Crippen molar-refractivity contribution in [2.24, 2.45) is 0 Å². The first-order valence-corrected chi connectivity index (χ1v) is 11.5. The van der Waals surface area contributed by atoms with E-state index in [0.29, 0.717) is 5.92 Å². The molecule has 0 spiro atoms. The van der Waals surface area contributed by atoms with Crippen molar-refractivity contribution in [2.75, 3.05) is 26.2 Å². The molecule has 0 fully saturated rings. The van der Waals surface area contributed by atoms with E-state index in [1.807, 2.05) is 0 Å². The lowest BCUT2D eigenvalue weighted by Gasteiger charge is -2.25. The Balaban J connectivity index is 1.33. The molecular formula is C26H33NO3. The largest absolute Gasteiger partial charge is 0.493 e. The quantitative estimate of drug-likeness (QED) is 0.680. The second kappa shape index (κ2) is 10.1. The van der Waals surface area contributed by atoms with Crippen LogP contribution in [0.4, 0.5) is 0 Å². The van der Waals surface area contributed by atoms with Gasteiger partial charge < -0.3 is 14.7 Å². The standard InChI is InChI=1S/C26H33NO3/c28-26(29)12-5-16-27-17-13-21-9-4-11-25(24(21)14-18-27)30-19-15-22-8-3-7-20-6-1-2-10-23(20)22/h1-2,4,6,9-11,22H,3,5,7-8,12-19H2,(H,28,29). The molecule has 4 nitrogen and oxygen atoms in total. The molecule has 1 atom stereocenters. The molecule has 2 aromatic carbocycles. The molecular weight excluding hydrogens is 374 g/mol. The Labute approximate surface area is 179 Å². The van der Waals surface area contributed by atoms with Crippen LogP contribution in [-0.4, -0.2) is 42.2 Å². The Hall–Kier alpha value is -2.33. The minimum Gasteiger partial charge on any atom is -0.493 e. The predicted octanol–water partition coefficient (Wildman–Crippen LogP) is 4.84. The second-order valence-corrected chi connectivity index (χ2v) is 8.66. The van der Waals surface area contributed by atoms with Crippen molar-refractivity contribution in [1.82, 2.24) is 4.90 Å². The Morgan fingerprint density at radius 2 is 1.87 bits per heavy atom. The van der Waals surface area contributed by atoms with Gasteiger partial charge in [0.2, 0.25) is 0 Å². The third kappa shape index (κ3) is 5.23. The summed E-state index contributed by atoms with van der Waals surface area (Å²) in [6, 6.07) is 15.4. The van der Waals surface area contributed by atoms with Crippen LogP contribution < -0.4 is 4.74 Å². The zero-order chi connectivity index (χ0) is 20.8. The van der Waals surface area contributed by atoms with Crippen molar-refractivity contribution in [3.05, 3.63) is 64.7 Å². The fraction of sp³-hybridized carbons (Fsp3) is 0.500. The second-order valence-electron chi connectivity index (χ2n) is 8.66. The molecule has 30 heavy (non-hydrogen) atoms. The van der Waals surface area contributed by atoms with E-state index in [4.69, 9.17) is 9.84 Å². The molecule has 0 radical (unpaired) electrons. The lowest BCUT2D eigenvalue weighted by molar-refractivity contribution is -0.137. The first kappa shape index (κ1) is 20.9. The Morgan fingerprint density at radius 1 is 1.03 bits per heavy atom. The van der Waals surface area contributed by atoms with Crippen LogP contribution in [0.1, 0.15) is 60.3 Å². The molecule has 0 bridgehead atoms. The average molecular weight is 408 g/mol. The fourth-order valence-corrected chi connectivity index (χ4v) is 5.07. The SMILES string of the molecule is O=C(O)CCCN1CCc2cccc(OCCC3CCCc4ccccc43)c2CC1. The number of carboxylic acid groups (broad SMARTS) is 1. The number of benzene rings is 2. The van der Waals surface area contributed by atoms with Crippen LogP contribution in [0, 0.1) is 0 Å². The predicted molar refractivity (Wildman–Crippen MR) is 119 cm³/mol. The minimum atomic E-state index is -0.704. The molecule has 4 heteroatoms. The number of aliphatic carboxylic acids is 1. The molecule has 2 aromatic rings. The summed E-state index contributed by atoms with van der Waals surface area (Å²) in [6.07, 6.45) is 7.78. The Bertz CT molecular complexity index is 863. The summed E-state index contributed by atoms with van der Waals surface area (Å²) in [5, 5.41) is 8.87. The minimum absolute atomic E-state index is 0.252. The number of rotatable bonds is 8. The van der Waals surface area contributed by atoms with Crippen LogP contribution >= 0.6 is 0 Å². The number of hydrogen-bond donors (Lipinski definition) is 1. The molecule has 2 aliphatic rings. The summed E-state index contributed by atoms with van der Waals surface area (Å²) in [4.78, 5) is 13.2. The van der Waals surface area contributed by atoms with Gasteiger partial charge in [-0.1, -0.05) is 36.4 Å². The molecule has 4 rings (SSSR count). The third-order valence-electron chi connectivity index (χ3n) is 6.69. The first-order valence-electron chi connectivity index (χ1n) is 11.5. The van der Waals surface area contributed by atoms with E-state index in [-0.39, 0.29) is 6.42 Å². The van der Waals surface area contributed by atoms with Gasteiger partial charge in [-0.2, -0.15) is 0 Å². The molecule has 1 N–H and O–H groups in total. The maximum absolute atomic E-state index is 10.8. The van der Waals surface area contributed by atoms with Gasteiger partial charge in [0.15, 0.2) is 0 Å². The summed E-state index contributed by atoms with van der Waals surface area (Å²) in [7, 11) is 0. The van der Waals surface area contributed by atoms with E-state index < -0.39 is 5.97 Å². The van der Waals surface area contributed by atoms with Gasteiger partial charge in [-0.15, -0.1) is 0 Å². The van der Waals surface area contributed by atoms with Crippen LogP contribution in [0.25, 0.3) is 0 Å². The molecule has 160 valence electrons. The van der Waals surface area contributed by atoms with Gasteiger partial charge in [0.1, 0.15) is 5.75 Å². The summed E-state index contributed by atoms with van der Waals surface area (Å²) in [5.41, 5.74) is 5.78. The first-order chi connectivity index (χ1) is 14.7. The van der Waals surface area contributed by atoms with E-state index in [1.54, 1.807) is 0 Å². The Morgan fingerprint density at radius 3 is 2.77 bits per heavy atom. The number of ether oxygens (including phenoxy) is 1. The zero-order valence-corrected chi connectivity index (χ0v) is 17.8. The highest BCUT2D eigenvalue weighted by atomic mass is 16.5. The number of nitrogens with zero attached hydrogens (tertiary/aromatic N) is 1. The molecule has 0 saturated heterocycles. The van der Waals surface area contributed by atoms with E-state index in [0.717, 1.165) is 57.7 Å². The molecule has 0 aromatic heterocycles. The van der Waals surface area contributed by atoms with Gasteiger partial charge >= 0.3 is 5.97 Å². The van der Waals surface area contributed by atoms with Crippen LogP contribution in [0.3, 0.4) is 0 Å². The third-order valence-corrected chi connectivity index (χ3v) is 6.69. The van der Waals surface area contributed by atoms with Crippen molar-refractivity contribution >= 4 is 5.97 Å². The highest BCUT2D eigenvalue weighted by Crippen LogP contribution is 2.34. The summed E-state index contributed by atoms with van der Waals surface area (Å²) < 4.78 is 6.33. The van der Waals surface area contributed by atoms with Gasteiger partial charge in [0.05, 0.1) is 6.61 Å². The number of hydrogen-bond acceptors (Lipinski definition) is 3. The van der Waals surface area contributed by atoms with Crippen molar-refractivity contribution in [1.29, 1.82) is 0 Å². The number of carbonyl (C=O) groups is 1. The molecule has 1 heterocycles. The lowest BCUT2D eigenvalue weighted by atomic mass is 9.81. The van der Waals surface area contributed by atoms with Gasteiger partial charge in [0.25, 0.3) is 0 Å². The van der Waals surface area contributed by atoms with Crippen LogP contribution in [0.15, 0.2) is 42.5 Å².